The summed E-state index contributed by atoms with van der Waals surface area (Å²) in [5, 5.41) is 4.07. The molecule has 1 aliphatic carbocycles. The first-order valence-corrected chi connectivity index (χ1v) is 2.76. The van der Waals surface area contributed by atoms with Crippen molar-refractivity contribution in [2.75, 3.05) is 6.54 Å². The first kappa shape index (κ1) is 3.47. The molecule has 2 aliphatic rings. The number of hydrazone groups is 1. The molecule has 1 saturated carbocycles. The van der Waals surface area contributed by atoms with Gasteiger partial charge in [-0.3, -0.25) is 0 Å². The van der Waals surface area contributed by atoms with E-state index in [1.165, 1.54) is 18.6 Å². The third kappa shape index (κ3) is 0.424. The summed E-state index contributed by atoms with van der Waals surface area (Å²) in [6.45, 7) is 1.09. The molecule has 0 saturated heterocycles. The SMILES string of the molecule is C1CC2CC2=NN1. The maximum absolute atomic E-state index is 4.07. The summed E-state index contributed by atoms with van der Waals surface area (Å²) < 4.78 is 0. The molecule has 7 heavy (non-hydrogen) atoms. The van der Waals surface area contributed by atoms with E-state index in [1.54, 1.807) is 0 Å². The Kier molecular flexibility index (Phi) is 0.494. The van der Waals surface area contributed by atoms with Crippen LogP contribution in [0.5, 0.6) is 0 Å². The van der Waals surface area contributed by atoms with Gasteiger partial charge in [-0.25, -0.2) is 0 Å². The Balaban J connectivity index is 2.19. The van der Waals surface area contributed by atoms with E-state index < -0.39 is 0 Å². The highest BCUT2D eigenvalue weighted by molar-refractivity contribution is 6.01. The number of rotatable bonds is 0. The molecule has 2 nitrogen and oxygen atoms in total. The van der Waals surface area contributed by atoms with E-state index in [1.807, 2.05) is 0 Å². The minimum atomic E-state index is 0.890. The predicted octanol–water partition coefficient (Wildman–Crippen LogP) is 0.356. The molecule has 1 aliphatic heterocycles. The van der Waals surface area contributed by atoms with Crippen LogP contribution < -0.4 is 5.43 Å². The summed E-state index contributed by atoms with van der Waals surface area (Å²) in [6, 6.07) is 0. The number of hydrogen-bond acceptors (Lipinski definition) is 2. The molecule has 0 bridgehead atoms. The zero-order valence-corrected chi connectivity index (χ0v) is 4.15. The highest BCUT2D eigenvalue weighted by atomic mass is 15.3. The second-order valence-electron chi connectivity index (χ2n) is 2.20. The van der Waals surface area contributed by atoms with Crippen LogP contribution >= 0.6 is 0 Å². The molecule has 2 heteroatoms. The third-order valence-corrected chi connectivity index (χ3v) is 1.59. The lowest BCUT2D eigenvalue weighted by molar-refractivity contribution is 0.634. The molecule has 0 spiro atoms. The van der Waals surface area contributed by atoms with Crippen molar-refractivity contribution in [1.82, 2.24) is 5.43 Å². The molecular formula is C5H8N2. The quantitative estimate of drug-likeness (QED) is 0.462. The van der Waals surface area contributed by atoms with Crippen LogP contribution in [-0.2, 0) is 0 Å². The van der Waals surface area contributed by atoms with E-state index in [-0.39, 0.29) is 0 Å². The Morgan fingerprint density at radius 3 is 3.29 bits per heavy atom. The largest absolute Gasteiger partial charge is 0.310 e. The smallest absolute Gasteiger partial charge is 0.0420 e. The summed E-state index contributed by atoms with van der Waals surface area (Å²) in [4.78, 5) is 0. The van der Waals surface area contributed by atoms with Gasteiger partial charge in [-0.05, 0) is 12.8 Å². The lowest BCUT2D eigenvalue weighted by Gasteiger charge is -2.00. The Labute approximate surface area is 42.6 Å². The van der Waals surface area contributed by atoms with Crippen molar-refractivity contribution in [3.05, 3.63) is 0 Å². The molecule has 0 radical (unpaired) electrons. The molecule has 1 heterocycles. The highest BCUT2D eigenvalue weighted by Gasteiger charge is 2.33. The third-order valence-electron chi connectivity index (χ3n) is 1.59. The number of fused-ring (bicyclic) bond motifs is 1. The highest BCUT2D eigenvalue weighted by Crippen LogP contribution is 2.30. The van der Waals surface area contributed by atoms with Gasteiger partial charge in [-0.1, -0.05) is 0 Å². The molecule has 2 rings (SSSR count). The molecule has 0 aromatic carbocycles. The number of nitrogens with zero attached hydrogens (tertiary/aromatic N) is 1. The standard InChI is InChI=1S/C5H8N2/c1-2-6-7-5-3-4(1)5/h4,6H,1-3H2. The summed E-state index contributed by atoms with van der Waals surface area (Å²) in [7, 11) is 0. The molecule has 1 unspecified atom stereocenters. The monoisotopic (exact) mass is 96.1 g/mol. The maximum atomic E-state index is 4.07. The number of nitrogens with one attached hydrogen (secondary N) is 1. The van der Waals surface area contributed by atoms with Gasteiger partial charge in [0.1, 0.15) is 0 Å². The lowest BCUT2D eigenvalue weighted by atomic mass is 10.3. The molecule has 38 valence electrons. The van der Waals surface area contributed by atoms with Gasteiger partial charge >= 0.3 is 0 Å². The summed E-state index contributed by atoms with van der Waals surface area (Å²) in [5.74, 6) is 0.890. The van der Waals surface area contributed by atoms with Crippen LogP contribution in [0, 0.1) is 5.92 Å². The van der Waals surface area contributed by atoms with E-state index in [0.717, 1.165) is 12.5 Å². The van der Waals surface area contributed by atoms with Gasteiger partial charge in [0.15, 0.2) is 0 Å². The molecule has 0 aromatic heterocycles. The number of hydrogen-bond donors (Lipinski definition) is 1. The molecule has 1 N–H and O–H groups in total. The fourth-order valence-electron chi connectivity index (χ4n) is 0.995. The van der Waals surface area contributed by atoms with Crippen molar-refractivity contribution in [1.29, 1.82) is 0 Å². The summed E-state index contributed by atoms with van der Waals surface area (Å²) >= 11 is 0. The van der Waals surface area contributed by atoms with Gasteiger partial charge in [0.2, 0.25) is 0 Å². The topological polar surface area (TPSA) is 24.4 Å². The first-order chi connectivity index (χ1) is 3.47. The van der Waals surface area contributed by atoms with Crippen molar-refractivity contribution in [2.45, 2.75) is 12.8 Å². The normalized spacial score (nSPS) is 35.4. The lowest BCUT2D eigenvalue weighted by Crippen LogP contribution is -2.12. The van der Waals surface area contributed by atoms with Crippen LogP contribution in [-0.4, -0.2) is 12.3 Å². The average Bonchev–Trinajstić information content (AvgIpc) is 2.41. The first-order valence-electron chi connectivity index (χ1n) is 2.76. The molecular weight excluding hydrogens is 88.1 g/mol. The Morgan fingerprint density at radius 1 is 1.71 bits per heavy atom. The maximum Gasteiger partial charge on any atom is 0.0420 e. The summed E-state index contributed by atoms with van der Waals surface area (Å²) in [5.41, 5.74) is 4.36. The van der Waals surface area contributed by atoms with E-state index in [4.69, 9.17) is 0 Å². The van der Waals surface area contributed by atoms with Crippen molar-refractivity contribution < 1.29 is 0 Å². The van der Waals surface area contributed by atoms with Crippen LogP contribution in [0.25, 0.3) is 0 Å². The van der Waals surface area contributed by atoms with Crippen molar-refractivity contribution in [2.24, 2.45) is 11.0 Å². The van der Waals surface area contributed by atoms with E-state index >= 15 is 0 Å². The molecule has 1 fully saturated rings. The van der Waals surface area contributed by atoms with Crippen molar-refractivity contribution in [3.8, 4) is 0 Å². The fraction of sp³-hybridized carbons (Fsp3) is 0.800. The van der Waals surface area contributed by atoms with Crippen molar-refractivity contribution >= 4 is 5.71 Å². The summed E-state index contributed by atoms with van der Waals surface area (Å²) in [6.07, 6.45) is 2.59. The minimum Gasteiger partial charge on any atom is -0.310 e. The average molecular weight is 96.1 g/mol. The van der Waals surface area contributed by atoms with Crippen LogP contribution in [0.15, 0.2) is 5.10 Å². The van der Waals surface area contributed by atoms with Crippen LogP contribution in [0.3, 0.4) is 0 Å². The van der Waals surface area contributed by atoms with Gasteiger partial charge in [0, 0.05) is 18.2 Å². The Hall–Kier alpha value is -0.530. The Morgan fingerprint density at radius 2 is 2.71 bits per heavy atom. The van der Waals surface area contributed by atoms with E-state index in [2.05, 4.69) is 10.5 Å². The second kappa shape index (κ2) is 0.997. The van der Waals surface area contributed by atoms with Gasteiger partial charge in [-0.2, -0.15) is 5.10 Å². The van der Waals surface area contributed by atoms with E-state index in [9.17, 15) is 0 Å². The molecule has 1 atom stereocenters. The van der Waals surface area contributed by atoms with Crippen LogP contribution in [0.1, 0.15) is 12.8 Å². The van der Waals surface area contributed by atoms with Crippen LogP contribution in [0.4, 0.5) is 0 Å². The Bertz CT molecular complexity index is 117. The fourth-order valence-corrected chi connectivity index (χ4v) is 0.995. The zero-order chi connectivity index (χ0) is 4.69. The van der Waals surface area contributed by atoms with Crippen molar-refractivity contribution in [3.63, 3.8) is 0 Å². The second-order valence-corrected chi connectivity index (χ2v) is 2.20. The van der Waals surface area contributed by atoms with Gasteiger partial charge in [-0.15, -0.1) is 0 Å². The minimum absolute atomic E-state index is 0.890. The van der Waals surface area contributed by atoms with Crippen LogP contribution in [0.2, 0.25) is 0 Å². The molecule has 0 aromatic rings. The van der Waals surface area contributed by atoms with E-state index in [0.29, 0.717) is 0 Å². The predicted molar refractivity (Wildman–Crippen MR) is 28.2 cm³/mol. The van der Waals surface area contributed by atoms with Gasteiger partial charge in [0.25, 0.3) is 0 Å². The zero-order valence-electron chi connectivity index (χ0n) is 4.15. The molecule has 0 amide bonds. The van der Waals surface area contributed by atoms with Gasteiger partial charge < -0.3 is 5.43 Å². The van der Waals surface area contributed by atoms with Gasteiger partial charge in [0.05, 0.1) is 0 Å².